The molecule has 0 aliphatic rings. The van der Waals surface area contributed by atoms with Crippen molar-refractivity contribution >= 4 is 17.6 Å². The Labute approximate surface area is 157 Å². The van der Waals surface area contributed by atoms with E-state index in [0.717, 1.165) is 11.1 Å². The van der Waals surface area contributed by atoms with Gasteiger partial charge in [-0.1, -0.05) is 54.6 Å². The van der Waals surface area contributed by atoms with Crippen LogP contribution in [0.4, 0.5) is 5.69 Å². The second kappa shape index (κ2) is 8.19. The first-order chi connectivity index (χ1) is 13.0. The smallest absolute Gasteiger partial charge is 0.339 e. The summed E-state index contributed by atoms with van der Waals surface area (Å²) in [4.78, 5) is 24.6. The van der Waals surface area contributed by atoms with E-state index >= 15 is 0 Å². The van der Waals surface area contributed by atoms with Crippen LogP contribution in [0.3, 0.4) is 0 Å². The zero-order chi connectivity index (χ0) is 19.2. The topological polar surface area (TPSA) is 75.6 Å². The largest absolute Gasteiger partial charge is 0.508 e. The first-order valence-corrected chi connectivity index (χ1v) is 8.50. The zero-order valence-corrected chi connectivity index (χ0v) is 14.8. The monoisotopic (exact) mass is 361 g/mol. The number of amides is 1. The van der Waals surface area contributed by atoms with Crippen LogP contribution in [0, 0.1) is 0 Å². The van der Waals surface area contributed by atoms with Gasteiger partial charge in [-0.3, -0.25) is 4.79 Å². The molecule has 1 atom stereocenters. The first-order valence-electron chi connectivity index (χ1n) is 8.50. The lowest BCUT2D eigenvalue weighted by atomic mass is 10.0. The third-order valence-corrected chi connectivity index (χ3v) is 4.00. The van der Waals surface area contributed by atoms with Gasteiger partial charge < -0.3 is 15.2 Å². The van der Waals surface area contributed by atoms with Crippen molar-refractivity contribution in [3.63, 3.8) is 0 Å². The van der Waals surface area contributed by atoms with Gasteiger partial charge in [0.25, 0.3) is 5.91 Å². The molecule has 0 aromatic heterocycles. The number of aromatic hydroxyl groups is 1. The van der Waals surface area contributed by atoms with E-state index in [9.17, 15) is 14.7 Å². The molecule has 0 bridgehead atoms. The van der Waals surface area contributed by atoms with Gasteiger partial charge >= 0.3 is 5.97 Å². The molecule has 0 aliphatic heterocycles. The molecule has 0 heterocycles. The molecule has 0 unspecified atom stereocenters. The standard InChI is InChI=1S/C22H19NO4/c1-15(27-22(26)17-10-7-11-18(24)14-17)21(25)23-20-13-6-5-12-19(20)16-8-3-2-4-9-16/h2-15,24H,1H3,(H,23,25)/t15-/m1/s1. The number of esters is 1. The maximum atomic E-state index is 12.5. The predicted molar refractivity (Wildman–Crippen MR) is 103 cm³/mol. The number of benzene rings is 3. The molecule has 5 nitrogen and oxygen atoms in total. The molecule has 3 rings (SSSR count). The Morgan fingerprint density at radius 3 is 2.37 bits per heavy atom. The van der Waals surface area contributed by atoms with Gasteiger partial charge in [0.15, 0.2) is 6.10 Å². The van der Waals surface area contributed by atoms with Crippen LogP contribution in [-0.4, -0.2) is 23.1 Å². The molecule has 0 radical (unpaired) electrons. The van der Waals surface area contributed by atoms with E-state index in [1.54, 1.807) is 6.07 Å². The summed E-state index contributed by atoms with van der Waals surface area (Å²) in [5.74, 6) is -1.16. The van der Waals surface area contributed by atoms with Gasteiger partial charge in [-0.25, -0.2) is 4.79 Å². The minimum absolute atomic E-state index is 0.0432. The van der Waals surface area contributed by atoms with E-state index in [4.69, 9.17) is 4.74 Å². The Morgan fingerprint density at radius 2 is 1.63 bits per heavy atom. The van der Waals surface area contributed by atoms with Crippen LogP contribution in [0.25, 0.3) is 11.1 Å². The summed E-state index contributed by atoms with van der Waals surface area (Å²) >= 11 is 0. The molecule has 2 N–H and O–H groups in total. The van der Waals surface area contributed by atoms with E-state index in [2.05, 4.69) is 5.32 Å². The lowest BCUT2D eigenvalue weighted by molar-refractivity contribution is -0.123. The summed E-state index contributed by atoms with van der Waals surface area (Å²) in [5, 5.41) is 12.3. The quantitative estimate of drug-likeness (QED) is 0.667. The number of hydrogen-bond donors (Lipinski definition) is 2. The number of anilines is 1. The Bertz CT molecular complexity index is 953. The molecule has 0 spiro atoms. The van der Waals surface area contributed by atoms with Gasteiger partial charge in [-0.2, -0.15) is 0 Å². The second-order valence-corrected chi connectivity index (χ2v) is 6.00. The molecule has 0 saturated carbocycles. The van der Waals surface area contributed by atoms with Gasteiger partial charge in [0.2, 0.25) is 0 Å². The molecular formula is C22H19NO4. The van der Waals surface area contributed by atoms with Gasteiger partial charge in [-0.15, -0.1) is 0 Å². The average molecular weight is 361 g/mol. The van der Waals surface area contributed by atoms with Crippen LogP contribution in [0.5, 0.6) is 5.75 Å². The van der Waals surface area contributed by atoms with Crippen LogP contribution in [0.2, 0.25) is 0 Å². The fourth-order valence-corrected chi connectivity index (χ4v) is 2.61. The van der Waals surface area contributed by atoms with Gasteiger partial charge in [0, 0.05) is 11.3 Å². The minimum Gasteiger partial charge on any atom is -0.508 e. The predicted octanol–water partition coefficient (Wildman–Crippen LogP) is 4.24. The van der Waals surface area contributed by atoms with Gasteiger partial charge in [0.1, 0.15) is 5.75 Å². The highest BCUT2D eigenvalue weighted by atomic mass is 16.5. The van der Waals surface area contributed by atoms with Gasteiger partial charge in [0.05, 0.1) is 5.56 Å². The van der Waals surface area contributed by atoms with Crippen LogP contribution < -0.4 is 5.32 Å². The highest BCUT2D eigenvalue weighted by Crippen LogP contribution is 2.27. The lowest BCUT2D eigenvalue weighted by Crippen LogP contribution is -2.30. The number of nitrogens with one attached hydrogen (secondary N) is 1. The number of phenols is 1. The summed E-state index contributed by atoms with van der Waals surface area (Å²) in [6, 6.07) is 22.9. The molecule has 1 amide bonds. The van der Waals surface area contributed by atoms with E-state index in [1.165, 1.54) is 31.2 Å². The molecule has 0 fully saturated rings. The number of carbonyl (C=O) groups excluding carboxylic acids is 2. The van der Waals surface area contributed by atoms with Crippen LogP contribution in [-0.2, 0) is 9.53 Å². The van der Waals surface area contributed by atoms with Crippen LogP contribution in [0.15, 0.2) is 78.9 Å². The molecule has 136 valence electrons. The molecule has 3 aromatic carbocycles. The average Bonchev–Trinajstić information content (AvgIpc) is 2.69. The fraction of sp³-hybridized carbons (Fsp3) is 0.0909. The maximum absolute atomic E-state index is 12.5. The number of phenolic OH excluding ortho intramolecular Hbond substituents is 1. The number of rotatable bonds is 5. The van der Waals surface area contributed by atoms with Crippen molar-refractivity contribution in [1.82, 2.24) is 0 Å². The first kappa shape index (κ1) is 18.2. The van der Waals surface area contributed by atoms with E-state index in [0.29, 0.717) is 5.69 Å². The summed E-state index contributed by atoms with van der Waals surface area (Å²) in [6.07, 6.45) is -0.997. The number of carbonyl (C=O) groups is 2. The molecule has 0 aliphatic carbocycles. The molecule has 0 saturated heterocycles. The van der Waals surface area contributed by atoms with Crippen molar-refractivity contribution in [1.29, 1.82) is 0 Å². The molecule has 27 heavy (non-hydrogen) atoms. The zero-order valence-electron chi connectivity index (χ0n) is 14.8. The third kappa shape index (κ3) is 4.52. The highest BCUT2D eigenvalue weighted by Gasteiger charge is 2.20. The van der Waals surface area contributed by atoms with Crippen molar-refractivity contribution in [3.8, 4) is 16.9 Å². The van der Waals surface area contributed by atoms with Crippen molar-refractivity contribution in [2.24, 2.45) is 0 Å². The van der Waals surface area contributed by atoms with E-state index in [-0.39, 0.29) is 11.3 Å². The SMILES string of the molecule is C[C@@H](OC(=O)c1cccc(O)c1)C(=O)Nc1ccccc1-c1ccccc1. The van der Waals surface area contributed by atoms with Crippen molar-refractivity contribution in [2.75, 3.05) is 5.32 Å². The number of para-hydroxylation sites is 1. The molecular weight excluding hydrogens is 342 g/mol. The molecule has 3 aromatic rings. The summed E-state index contributed by atoms with van der Waals surface area (Å²) < 4.78 is 5.21. The molecule has 5 heteroatoms. The fourth-order valence-electron chi connectivity index (χ4n) is 2.61. The lowest BCUT2D eigenvalue weighted by Gasteiger charge is -2.16. The number of hydrogen-bond acceptors (Lipinski definition) is 4. The van der Waals surface area contributed by atoms with Crippen molar-refractivity contribution in [3.05, 3.63) is 84.4 Å². The third-order valence-electron chi connectivity index (χ3n) is 4.00. The van der Waals surface area contributed by atoms with Crippen molar-refractivity contribution < 1.29 is 19.4 Å². The Hall–Kier alpha value is -3.60. The maximum Gasteiger partial charge on any atom is 0.339 e. The summed E-state index contributed by atoms with van der Waals surface area (Å²) in [6.45, 7) is 1.50. The van der Waals surface area contributed by atoms with Gasteiger partial charge in [-0.05, 0) is 36.8 Å². The van der Waals surface area contributed by atoms with E-state index in [1.807, 2.05) is 48.5 Å². The Balaban J connectivity index is 1.71. The minimum atomic E-state index is -0.997. The normalized spacial score (nSPS) is 11.4. The van der Waals surface area contributed by atoms with Crippen LogP contribution >= 0.6 is 0 Å². The van der Waals surface area contributed by atoms with Crippen LogP contribution in [0.1, 0.15) is 17.3 Å². The second-order valence-electron chi connectivity index (χ2n) is 6.00. The van der Waals surface area contributed by atoms with E-state index < -0.39 is 18.0 Å². The Morgan fingerprint density at radius 1 is 0.926 bits per heavy atom. The van der Waals surface area contributed by atoms with Crippen molar-refractivity contribution in [2.45, 2.75) is 13.0 Å². The highest BCUT2D eigenvalue weighted by molar-refractivity contribution is 6.00. The summed E-state index contributed by atoms with van der Waals surface area (Å²) in [5.41, 5.74) is 2.66. The Kier molecular flexibility index (Phi) is 5.52. The number of ether oxygens (including phenoxy) is 1. The summed E-state index contributed by atoms with van der Waals surface area (Å²) in [7, 11) is 0.